The Hall–Kier alpha value is -1.71. The molecule has 0 aliphatic heterocycles. The van der Waals surface area contributed by atoms with Crippen molar-refractivity contribution in [2.24, 2.45) is 0 Å². The molecular formula is C10H12N2O2. The fourth-order valence-electron chi connectivity index (χ4n) is 1.13. The second-order valence-corrected chi connectivity index (χ2v) is 2.97. The first-order chi connectivity index (χ1) is 6.74. The van der Waals surface area contributed by atoms with Gasteiger partial charge in [-0.2, -0.15) is 0 Å². The number of ketones is 1. The van der Waals surface area contributed by atoms with E-state index in [1.54, 1.807) is 12.3 Å². The average molecular weight is 192 g/mol. The third-order valence-electron chi connectivity index (χ3n) is 1.90. The second kappa shape index (κ2) is 5.11. The lowest BCUT2D eigenvalue weighted by atomic mass is 10.1. The van der Waals surface area contributed by atoms with Crippen molar-refractivity contribution in [3.05, 3.63) is 30.1 Å². The molecule has 1 rings (SSSR count). The maximum Gasteiger partial charge on any atom is 0.207 e. The van der Waals surface area contributed by atoms with E-state index in [1.807, 2.05) is 12.1 Å². The van der Waals surface area contributed by atoms with Crippen LogP contribution in [0, 0.1) is 0 Å². The number of carbonyl (C=O) groups excluding carboxylic acids is 2. The lowest BCUT2D eigenvalue weighted by Gasteiger charge is -2.11. The summed E-state index contributed by atoms with van der Waals surface area (Å²) in [7, 11) is 0. The van der Waals surface area contributed by atoms with Crippen LogP contribution in [0.15, 0.2) is 24.4 Å². The first kappa shape index (κ1) is 10.4. The van der Waals surface area contributed by atoms with Crippen molar-refractivity contribution in [3.8, 4) is 0 Å². The van der Waals surface area contributed by atoms with Gasteiger partial charge in [0.05, 0.1) is 6.04 Å². The lowest BCUT2D eigenvalue weighted by Crippen LogP contribution is -2.36. The van der Waals surface area contributed by atoms with E-state index in [-0.39, 0.29) is 5.78 Å². The number of nitrogens with zero attached hydrogens (tertiary/aromatic N) is 1. The van der Waals surface area contributed by atoms with Gasteiger partial charge in [0.15, 0.2) is 5.78 Å². The summed E-state index contributed by atoms with van der Waals surface area (Å²) in [6.45, 7) is 1.45. The molecule has 14 heavy (non-hydrogen) atoms. The normalized spacial score (nSPS) is 11.8. The molecule has 0 saturated carbocycles. The van der Waals surface area contributed by atoms with Gasteiger partial charge in [0.2, 0.25) is 6.41 Å². The molecule has 1 atom stereocenters. The van der Waals surface area contributed by atoms with E-state index in [1.165, 1.54) is 6.92 Å². The third kappa shape index (κ3) is 2.97. The van der Waals surface area contributed by atoms with Gasteiger partial charge in [-0.05, 0) is 19.1 Å². The minimum Gasteiger partial charge on any atom is -0.348 e. The largest absolute Gasteiger partial charge is 0.348 e. The molecule has 0 aliphatic carbocycles. The van der Waals surface area contributed by atoms with Crippen LogP contribution >= 0.6 is 0 Å². The average Bonchev–Trinajstić information content (AvgIpc) is 2.18. The van der Waals surface area contributed by atoms with Gasteiger partial charge >= 0.3 is 0 Å². The summed E-state index contributed by atoms with van der Waals surface area (Å²) in [5.74, 6) is -0.0669. The van der Waals surface area contributed by atoms with Crippen molar-refractivity contribution in [2.75, 3.05) is 0 Å². The molecule has 1 N–H and O–H groups in total. The predicted octanol–water partition coefficient (Wildman–Crippen LogP) is 0.328. The first-order valence-corrected chi connectivity index (χ1v) is 4.34. The van der Waals surface area contributed by atoms with Crippen LogP contribution in [0.4, 0.5) is 0 Å². The van der Waals surface area contributed by atoms with E-state index in [0.717, 1.165) is 5.69 Å². The Bertz CT molecular complexity index is 311. The number of Topliss-reactive ketones (excluding diaryl/α,β-unsaturated/α-hetero) is 1. The molecule has 1 amide bonds. The quantitative estimate of drug-likeness (QED) is 0.684. The molecule has 4 nitrogen and oxygen atoms in total. The molecule has 0 fully saturated rings. The fourth-order valence-corrected chi connectivity index (χ4v) is 1.13. The van der Waals surface area contributed by atoms with Crippen molar-refractivity contribution in [1.29, 1.82) is 0 Å². The summed E-state index contributed by atoms with van der Waals surface area (Å²) < 4.78 is 0. The molecule has 0 radical (unpaired) electrons. The van der Waals surface area contributed by atoms with Gasteiger partial charge in [0.1, 0.15) is 0 Å². The number of pyridine rings is 1. The van der Waals surface area contributed by atoms with Crippen molar-refractivity contribution in [2.45, 2.75) is 19.4 Å². The van der Waals surface area contributed by atoms with Crippen molar-refractivity contribution in [3.63, 3.8) is 0 Å². The molecule has 4 heteroatoms. The highest BCUT2D eigenvalue weighted by Crippen LogP contribution is 1.99. The predicted molar refractivity (Wildman–Crippen MR) is 51.6 cm³/mol. The summed E-state index contributed by atoms with van der Waals surface area (Å²) in [6.07, 6.45) is 2.64. The van der Waals surface area contributed by atoms with Gasteiger partial charge in [-0.25, -0.2) is 0 Å². The van der Waals surface area contributed by atoms with Gasteiger partial charge < -0.3 is 5.32 Å². The van der Waals surface area contributed by atoms with E-state index >= 15 is 0 Å². The number of amides is 1. The van der Waals surface area contributed by atoms with Crippen LogP contribution in [0.5, 0.6) is 0 Å². The second-order valence-electron chi connectivity index (χ2n) is 2.97. The monoisotopic (exact) mass is 192 g/mol. The Morgan fingerprint density at radius 2 is 2.43 bits per heavy atom. The van der Waals surface area contributed by atoms with Crippen LogP contribution in [-0.2, 0) is 16.0 Å². The van der Waals surface area contributed by atoms with Crippen LogP contribution < -0.4 is 5.32 Å². The fraction of sp³-hybridized carbons (Fsp3) is 0.300. The van der Waals surface area contributed by atoms with Crippen LogP contribution in [-0.4, -0.2) is 23.2 Å². The number of nitrogens with one attached hydrogen (secondary N) is 1. The maximum absolute atomic E-state index is 11.1. The van der Waals surface area contributed by atoms with Crippen molar-refractivity contribution >= 4 is 12.2 Å². The molecule has 0 unspecified atom stereocenters. The first-order valence-electron chi connectivity index (χ1n) is 4.34. The van der Waals surface area contributed by atoms with Crippen LogP contribution in [0.2, 0.25) is 0 Å². The van der Waals surface area contributed by atoms with Crippen LogP contribution in [0.25, 0.3) is 0 Å². The van der Waals surface area contributed by atoms with E-state index < -0.39 is 6.04 Å². The Morgan fingerprint density at radius 1 is 1.64 bits per heavy atom. The summed E-state index contributed by atoms with van der Waals surface area (Å²) in [4.78, 5) is 25.4. The van der Waals surface area contributed by atoms with E-state index in [4.69, 9.17) is 0 Å². The van der Waals surface area contributed by atoms with E-state index in [2.05, 4.69) is 10.3 Å². The molecule has 0 bridgehead atoms. The molecule has 1 aromatic heterocycles. The van der Waals surface area contributed by atoms with E-state index in [9.17, 15) is 9.59 Å². The molecule has 0 saturated heterocycles. The zero-order valence-corrected chi connectivity index (χ0v) is 7.93. The SMILES string of the molecule is CC(=O)[C@H](Cc1ccccn1)NC=O. The van der Waals surface area contributed by atoms with Gasteiger partial charge in [-0.15, -0.1) is 0 Å². The number of rotatable bonds is 5. The van der Waals surface area contributed by atoms with Gasteiger partial charge in [-0.1, -0.05) is 6.07 Å². The highest BCUT2D eigenvalue weighted by Gasteiger charge is 2.13. The Balaban J connectivity index is 2.64. The summed E-state index contributed by atoms with van der Waals surface area (Å²) >= 11 is 0. The molecule has 0 spiro atoms. The Morgan fingerprint density at radius 3 is 2.93 bits per heavy atom. The maximum atomic E-state index is 11.1. The molecule has 1 aromatic rings. The zero-order chi connectivity index (χ0) is 10.4. The molecule has 0 aliphatic rings. The smallest absolute Gasteiger partial charge is 0.207 e. The summed E-state index contributed by atoms with van der Waals surface area (Å²) in [6, 6.07) is 5.00. The number of carbonyl (C=O) groups is 2. The van der Waals surface area contributed by atoms with Crippen LogP contribution in [0.1, 0.15) is 12.6 Å². The topological polar surface area (TPSA) is 59.1 Å². The molecular weight excluding hydrogens is 180 g/mol. The van der Waals surface area contributed by atoms with Gasteiger partial charge in [-0.3, -0.25) is 14.6 Å². The highest BCUT2D eigenvalue weighted by molar-refractivity contribution is 5.83. The lowest BCUT2D eigenvalue weighted by molar-refractivity contribution is -0.121. The minimum atomic E-state index is -0.470. The highest BCUT2D eigenvalue weighted by atomic mass is 16.1. The van der Waals surface area contributed by atoms with Crippen LogP contribution in [0.3, 0.4) is 0 Å². The molecule has 74 valence electrons. The van der Waals surface area contributed by atoms with Crippen molar-refractivity contribution < 1.29 is 9.59 Å². The van der Waals surface area contributed by atoms with E-state index in [0.29, 0.717) is 12.8 Å². The number of hydrogen-bond acceptors (Lipinski definition) is 3. The van der Waals surface area contributed by atoms with Crippen molar-refractivity contribution in [1.82, 2.24) is 10.3 Å². The third-order valence-corrected chi connectivity index (χ3v) is 1.90. The summed E-state index contributed by atoms with van der Waals surface area (Å²) in [5, 5.41) is 2.46. The van der Waals surface area contributed by atoms with Gasteiger partial charge in [0, 0.05) is 18.3 Å². The minimum absolute atomic E-state index is 0.0669. The molecule has 0 aromatic carbocycles. The number of hydrogen-bond donors (Lipinski definition) is 1. The number of aromatic nitrogens is 1. The summed E-state index contributed by atoms with van der Waals surface area (Å²) in [5.41, 5.74) is 0.794. The van der Waals surface area contributed by atoms with Gasteiger partial charge in [0.25, 0.3) is 0 Å². The zero-order valence-electron chi connectivity index (χ0n) is 7.93. The Labute approximate surface area is 82.3 Å². The standard InChI is InChI=1S/C10H12N2O2/c1-8(14)10(12-7-13)6-9-4-2-3-5-11-9/h2-5,7,10H,6H2,1H3,(H,12,13)/t10-/m0/s1. The Kier molecular flexibility index (Phi) is 3.79. The molecule has 1 heterocycles.